The van der Waals surface area contributed by atoms with Crippen molar-refractivity contribution in [1.82, 2.24) is 24.6 Å². The van der Waals surface area contributed by atoms with Crippen LogP contribution >= 0.6 is 0 Å². The number of carbonyl (C=O) groups excluding carboxylic acids is 1. The van der Waals surface area contributed by atoms with E-state index in [2.05, 4.69) is 15.4 Å². The zero-order chi connectivity index (χ0) is 26.6. The van der Waals surface area contributed by atoms with Crippen LogP contribution in [0.5, 0.6) is 0 Å². The summed E-state index contributed by atoms with van der Waals surface area (Å²) >= 11 is 0. The van der Waals surface area contributed by atoms with Gasteiger partial charge in [-0.15, -0.1) is 0 Å². The molecule has 10 nitrogen and oxygen atoms in total. The lowest BCUT2D eigenvalue weighted by molar-refractivity contribution is -0.384. The zero-order valence-corrected chi connectivity index (χ0v) is 19.1. The number of alkyl halides is 3. The van der Waals surface area contributed by atoms with E-state index >= 15 is 0 Å². The van der Waals surface area contributed by atoms with Crippen molar-refractivity contribution in [1.29, 1.82) is 0 Å². The number of halogens is 3. The maximum absolute atomic E-state index is 13.0. The van der Waals surface area contributed by atoms with Gasteiger partial charge in [-0.1, -0.05) is 12.1 Å². The molecule has 4 aromatic rings. The van der Waals surface area contributed by atoms with Gasteiger partial charge in [0.25, 0.3) is 11.2 Å². The molecule has 0 unspecified atom stereocenters. The fraction of sp³-hybridized carbons (Fsp3) is 0.167. The minimum atomic E-state index is -4.49. The number of carbonyl (C=O) groups is 1. The van der Waals surface area contributed by atoms with Crippen molar-refractivity contribution in [3.05, 3.63) is 104 Å². The van der Waals surface area contributed by atoms with Crippen molar-refractivity contribution in [2.24, 2.45) is 0 Å². The van der Waals surface area contributed by atoms with Crippen LogP contribution in [0, 0.1) is 10.1 Å². The summed E-state index contributed by atoms with van der Waals surface area (Å²) in [6.45, 7) is 0.300. The van der Waals surface area contributed by atoms with Gasteiger partial charge < -0.3 is 5.32 Å². The highest BCUT2D eigenvalue weighted by atomic mass is 19.4. The van der Waals surface area contributed by atoms with Gasteiger partial charge in [-0.25, -0.2) is 9.67 Å². The third-order valence-electron chi connectivity index (χ3n) is 5.38. The second kappa shape index (κ2) is 10.4. The minimum Gasteiger partial charge on any atom is -0.351 e. The SMILES string of the molecule is O=C(/C=C\c1ccc([N+](=O)[O-])cc1)NCCn1ncc2c(=O)n(Cc3cccc(C(F)(F)F)c3)cnc21. The summed E-state index contributed by atoms with van der Waals surface area (Å²) in [5.41, 5.74) is -0.113. The lowest BCUT2D eigenvalue weighted by atomic mass is 10.1. The lowest BCUT2D eigenvalue weighted by Gasteiger charge is -2.10. The second-order valence-electron chi connectivity index (χ2n) is 7.95. The van der Waals surface area contributed by atoms with Gasteiger partial charge >= 0.3 is 6.18 Å². The summed E-state index contributed by atoms with van der Waals surface area (Å²) in [6.07, 6.45) is 0.877. The molecule has 0 bridgehead atoms. The summed E-state index contributed by atoms with van der Waals surface area (Å²) in [4.78, 5) is 39.3. The molecule has 0 radical (unpaired) electrons. The molecule has 37 heavy (non-hydrogen) atoms. The van der Waals surface area contributed by atoms with Gasteiger partial charge in [0.2, 0.25) is 5.91 Å². The third kappa shape index (κ3) is 6.07. The van der Waals surface area contributed by atoms with E-state index in [1.54, 1.807) is 0 Å². The number of amides is 1. The fourth-order valence-corrected chi connectivity index (χ4v) is 3.54. The van der Waals surface area contributed by atoms with Crippen LogP contribution in [0.2, 0.25) is 0 Å². The zero-order valence-electron chi connectivity index (χ0n) is 19.1. The number of nitrogens with zero attached hydrogens (tertiary/aromatic N) is 5. The number of nitro benzene ring substituents is 1. The highest BCUT2D eigenvalue weighted by molar-refractivity contribution is 5.91. The Kier molecular flexibility index (Phi) is 7.13. The third-order valence-corrected chi connectivity index (χ3v) is 5.38. The number of aromatic nitrogens is 4. The molecule has 0 spiro atoms. The van der Waals surface area contributed by atoms with Gasteiger partial charge in [0.1, 0.15) is 11.7 Å². The first-order valence-electron chi connectivity index (χ1n) is 10.9. The Balaban J connectivity index is 1.38. The van der Waals surface area contributed by atoms with E-state index in [4.69, 9.17) is 0 Å². The van der Waals surface area contributed by atoms with E-state index in [1.807, 2.05) is 0 Å². The highest BCUT2D eigenvalue weighted by Crippen LogP contribution is 2.29. The molecule has 0 saturated carbocycles. The molecular weight excluding hydrogens is 493 g/mol. The molecule has 2 aromatic heterocycles. The van der Waals surface area contributed by atoms with Crippen molar-refractivity contribution in [3.8, 4) is 0 Å². The van der Waals surface area contributed by atoms with Gasteiger partial charge in [0.05, 0.1) is 29.8 Å². The van der Waals surface area contributed by atoms with Crippen LogP contribution in [0.25, 0.3) is 17.1 Å². The molecule has 1 N–H and O–H groups in total. The molecular formula is C24H19F3N6O4. The second-order valence-corrected chi connectivity index (χ2v) is 7.95. The van der Waals surface area contributed by atoms with Gasteiger partial charge in [-0.2, -0.15) is 18.3 Å². The average molecular weight is 512 g/mol. The van der Waals surface area contributed by atoms with Crippen LogP contribution in [-0.4, -0.2) is 36.7 Å². The molecule has 0 aliphatic rings. The first kappa shape index (κ1) is 25.3. The Morgan fingerprint density at radius 2 is 1.92 bits per heavy atom. The maximum atomic E-state index is 13.0. The number of non-ortho nitro benzene ring substituents is 1. The van der Waals surface area contributed by atoms with Crippen molar-refractivity contribution in [3.63, 3.8) is 0 Å². The predicted octanol–water partition coefficient (Wildman–Crippen LogP) is 3.40. The number of benzene rings is 2. The average Bonchev–Trinajstić information content (AvgIpc) is 3.28. The molecule has 1 amide bonds. The van der Waals surface area contributed by atoms with Gasteiger partial charge in [0.15, 0.2) is 5.65 Å². The molecule has 190 valence electrons. The van der Waals surface area contributed by atoms with Crippen LogP contribution in [0.3, 0.4) is 0 Å². The fourth-order valence-electron chi connectivity index (χ4n) is 3.54. The number of fused-ring (bicyclic) bond motifs is 1. The molecule has 0 aliphatic carbocycles. The highest BCUT2D eigenvalue weighted by Gasteiger charge is 2.30. The molecule has 0 atom stereocenters. The minimum absolute atomic E-state index is 0.0518. The van der Waals surface area contributed by atoms with Crippen LogP contribution in [0.1, 0.15) is 16.7 Å². The molecule has 0 fully saturated rings. The molecule has 2 heterocycles. The van der Waals surface area contributed by atoms with E-state index < -0.39 is 28.1 Å². The summed E-state index contributed by atoms with van der Waals surface area (Å²) in [5.74, 6) is -0.397. The van der Waals surface area contributed by atoms with E-state index in [9.17, 15) is 32.9 Å². The first-order valence-corrected chi connectivity index (χ1v) is 10.9. The van der Waals surface area contributed by atoms with Gasteiger partial charge in [-0.3, -0.25) is 24.3 Å². The molecule has 0 saturated heterocycles. The molecule has 2 aromatic carbocycles. The predicted molar refractivity (Wildman–Crippen MR) is 127 cm³/mol. The summed E-state index contributed by atoms with van der Waals surface area (Å²) in [5, 5.41) is 17.7. The van der Waals surface area contributed by atoms with Crippen LogP contribution < -0.4 is 10.9 Å². The lowest BCUT2D eigenvalue weighted by Crippen LogP contribution is -2.26. The van der Waals surface area contributed by atoms with Gasteiger partial charge in [-0.05, 0) is 41.5 Å². The van der Waals surface area contributed by atoms with E-state index in [0.29, 0.717) is 11.1 Å². The number of hydrogen-bond donors (Lipinski definition) is 1. The number of rotatable bonds is 8. The van der Waals surface area contributed by atoms with Crippen molar-refractivity contribution in [2.75, 3.05) is 6.54 Å². The van der Waals surface area contributed by atoms with E-state index in [1.165, 1.54) is 70.3 Å². The summed E-state index contributed by atoms with van der Waals surface area (Å²) < 4.78 is 41.5. The van der Waals surface area contributed by atoms with Crippen molar-refractivity contribution in [2.45, 2.75) is 19.3 Å². The van der Waals surface area contributed by atoms with Crippen molar-refractivity contribution >= 4 is 28.7 Å². The molecule has 4 rings (SSSR count). The Hall–Kier alpha value is -4.81. The van der Waals surface area contributed by atoms with Crippen LogP contribution in [0.4, 0.5) is 18.9 Å². The Morgan fingerprint density at radius 1 is 1.16 bits per heavy atom. The number of nitro groups is 1. The standard InChI is InChI=1S/C24H19F3N6O4/c25-24(26,27)18-3-1-2-17(12-18)14-31-15-29-22-20(23(31)35)13-30-32(22)11-10-28-21(34)9-6-16-4-7-19(8-5-16)33(36)37/h1-9,12-13,15H,10-11,14H2,(H,28,34)/b9-6-. The first-order chi connectivity index (χ1) is 17.6. The molecule has 13 heteroatoms. The van der Waals surface area contributed by atoms with E-state index in [-0.39, 0.29) is 36.4 Å². The largest absolute Gasteiger partial charge is 0.416 e. The van der Waals surface area contributed by atoms with E-state index in [0.717, 1.165) is 12.1 Å². The maximum Gasteiger partial charge on any atom is 0.416 e. The quantitative estimate of drug-likeness (QED) is 0.219. The Labute approximate surface area is 206 Å². The van der Waals surface area contributed by atoms with Gasteiger partial charge in [0, 0.05) is 24.8 Å². The number of nitrogens with one attached hydrogen (secondary N) is 1. The number of hydrogen-bond acceptors (Lipinski definition) is 6. The summed E-state index contributed by atoms with van der Waals surface area (Å²) in [7, 11) is 0. The molecule has 0 aliphatic heterocycles. The topological polar surface area (TPSA) is 125 Å². The summed E-state index contributed by atoms with van der Waals surface area (Å²) in [6, 6.07) is 10.4. The van der Waals surface area contributed by atoms with Crippen molar-refractivity contribution < 1.29 is 22.9 Å². The Bertz CT molecular complexity index is 1540. The van der Waals surface area contributed by atoms with Crippen LogP contribution in [0.15, 0.2) is 71.9 Å². The normalized spacial score (nSPS) is 11.8. The Morgan fingerprint density at radius 3 is 2.62 bits per heavy atom. The monoisotopic (exact) mass is 512 g/mol. The smallest absolute Gasteiger partial charge is 0.351 e. The van der Waals surface area contributed by atoms with Crippen LogP contribution in [-0.2, 0) is 24.1 Å².